The standard InChI is InChI=1S/C23H22N6O2/c1-5-14-6-7-21(25-10-14)29-22-17-8-16(15-11-26-27(2)13-15)20(31-4)9-18(17)24-12-19(22)28(3)23(29)30/h6-13H,5H2,1-4H3. The average molecular weight is 414 g/mol. The molecule has 0 saturated heterocycles. The van der Waals surface area contributed by atoms with Gasteiger partial charge in [-0.2, -0.15) is 5.10 Å². The van der Waals surface area contributed by atoms with E-state index >= 15 is 0 Å². The van der Waals surface area contributed by atoms with Crippen LogP contribution in [0.15, 0.2) is 53.8 Å². The Bertz CT molecular complexity index is 1490. The van der Waals surface area contributed by atoms with Gasteiger partial charge in [0.2, 0.25) is 0 Å². The fraction of sp³-hybridized carbons (Fsp3) is 0.217. The fourth-order valence-corrected chi connectivity index (χ4v) is 3.95. The summed E-state index contributed by atoms with van der Waals surface area (Å²) in [5.74, 6) is 1.28. The molecule has 0 spiro atoms. The fourth-order valence-electron chi connectivity index (χ4n) is 3.95. The number of fused-ring (bicyclic) bond motifs is 3. The van der Waals surface area contributed by atoms with Gasteiger partial charge in [0.15, 0.2) is 0 Å². The lowest BCUT2D eigenvalue weighted by molar-refractivity contribution is 0.417. The normalized spacial score (nSPS) is 11.5. The monoisotopic (exact) mass is 414 g/mol. The summed E-state index contributed by atoms with van der Waals surface area (Å²) in [5.41, 5.74) is 5.00. The minimum Gasteiger partial charge on any atom is -0.496 e. The summed E-state index contributed by atoms with van der Waals surface area (Å²) < 4.78 is 10.6. The van der Waals surface area contributed by atoms with E-state index in [9.17, 15) is 4.79 Å². The Hall–Kier alpha value is -3.94. The third-order valence-corrected chi connectivity index (χ3v) is 5.67. The van der Waals surface area contributed by atoms with Crippen molar-refractivity contribution < 1.29 is 4.74 Å². The summed E-state index contributed by atoms with van der Waals surface area (Å²) >= 11 is 0. The Kier molecular flexibility index (Phi) is 4.35. The van der Waals surface area contributed by atoms with Gasteiger partial charge >= 0.3 is 5.69 Å². The van der Waals surface area contributed by atoms with Crippen molar-refractivity contribution in [2.45, 2.75) is 13.3 Å². The lowest BCUT2D eigenvalue weighted by Crippen LogP contribution is -2.21. The summed E-state index contributed by atoms with van der Waals surface area (Å²) in [5, 5.41) is 5.13. The molecule has 5 aromatic rings. The van der Waals surface area contributed by atoms with Crippen LogP contribution in [-0.4, -0.2) is 36.0 Å². The number of imidazole rings is 1. The Morgan fingerprint density at radius 3 is 2.55 bits per heavy atom. The Balaban J connectivity index is 1.88. The third kappa shape index (κ3) is 2.91. The van der Waals surface area contributed by atoms with Crippen LogP contribution in [0.4, 0.5) is 0 Å². The molecule has 0 saturated carbocycles. The molecule has 0 aliphatic carbocycles. The molecule has 0 radical (unpaired) electrons. The molecule has 0 unspecified atom stereocenters. The van der Waals surface area contributed by atoms with Gasteiger partial charge < -0.3 is 4.74 Å². The minimum atomic E-state index is -0.167. The number of hydrogen-bond donors (Lipinski definition) is 0. The summed E-state index contributed by atoms with van der Waals surface area (Å²) in [6.07, 6.45) is 8.15. The van der Waals surface area contributed by atoms with Gasteiger partial charge in [0.05, 0.1) is 36.1 Å². The van der Waals surface area contributed by atoms with Gasteiger partial charge in [-0.1, -0.05) is 13.0 Å². The van der Waals surface area contributed by atoms with Gasteiger partial charge in [0, 0.05) is 49.1 Å². The van der Waals surface area contributed by atoms with E-state index in [2.05, 4.69) is 22.0 Å². The first-order valence-electron chi connectivity index (χ1n) is 10.0. The van der Waals surface area contributed by atoms with Gasteiger partial charge in [-0.05, 0) is 24.1 Å². The minimum absolute atomic E-state index is 0.167. The lowest BCUT2D eigenvalue weighted by Gasteiger charge is -2.11. The average Bonchev–Trinajstić information content (AvgIpc) is 3.34. The number of aromatic nitrogens is 6. The highest BCUT2D eigenvalue weighted by molar-refractivity contribution is 6.05. The molecule has 0 atom stereocenters. The van der Waals surface area contributed by atoms with Gasteiger partial charge in [-0.15, -0.1) is 0 Å². The molecule has 5 rings (SSSR count). The predicted octanol–water partition coefficient (Wildman–Crippen LogP) is 3.24. The van der Waals surface area contributed by atoms with Crippen LogP contribution in [0.2, 0.25) is 0 Å². The van der Waals surface area contributed by atoms with Gasteiger partial charge in [-0.3, -0.25) is 14.2 Å². The van der Waals surface area contributed by atoms with Crippen molar-refractivity contribution in [3.63, 3.8) is 0 Å². The van der Waals surface area contributed by atoms with Crippen LogP contribution in [-0.2, 0) is 20.5 Å². The van der Waals surface area contributed by atoms with E-state index in [0.717, 1.165) is 45.0 Å². The topological polar surface area (TPSA) is 79.8 Å². The number of methoxy groups -OCH3 is 1. The molecule has 31 heavy (non-hydrogen) atoms. The SMILES string of the molecule is CCc1ccc(-n2c(=O)n(C)c3cnc4cc(OC)c(-c5cnn(C)c5)cc4c32)nc1. The molecule has 8 heteroatoms. The molecular weight excluding hydrogens is 392 g/mol. The first kappa shape index (κ1) is 19.0. The summed E-state index contributed by atoms with van der Waals surface area (Å²) in [7, 11) is 5.26. The van der Waals surface area contributed by atoms with Crippen molar-refractivity contribution in [2.75, 3.05) is 7.11 Å². The number of rotatable bonds is 4. The van der Waals surface area contributed by atoms with Crippen molar-refractivity contribution >= 4 is 21.9 Å². The summed E-state index contributed by atoms with van der Waals surface area (Å²) in [6, 6.07) is 7.79. The molecule has 0 amide bonds. The van der Waals surface area contributed by atoms with Crippen LogP contribution in [0.3, 0.4) is 0 Å². The zero-order chi connectivity index (χ0) is 21.7. The first-order valence-corrected chi connectivity index (χ1v) is 10.0. The zero-order valence-electron chi connectivity index (χ0n) is 17.8. The summed E-state index contributed by atoms with van der Waals surface area (Å²) in [6.45, 7) is 2.08. The highest BCUT2D eigenvalue weighted by Crippen LogP contribution is 2.36. The van der Waals surface area contributed by atoms with Crippen LogP contribution in [0.25, 0.3) is 38.9 Å². The summed E-state index contributed by atoms with van der Waals surface area (Å²) in [4.78, 5) is 22.3. The second-order valence-corrected chi connectivity index (χ2v) is 7.52. The molecule has 8 nitrogen and oxygen atoms in total. The van der Waals surface area contributed by atoms with Gasteiger partial charge in [0.1, 0.15) is 11.6 Å². The second-order valence-electron chi connectivity index (χ2n) is 7.52. The maximum atomic E-state index is 13.2. The number of nitrogens with zero attached hydrogens (tertiary/aromatic N) is 6. The molecular formula is C23H22N6O2. The van der Waals surface area contributed by atoms with Crippen molar-refractivity contribution in [1.82, 2.24) is 28.9 Å². The molecule has 0 bridgehead atoms. The highest BCUT2D eigenvalue weighted by atomic mass is 16.5. The van der Waals surface area contributed by atoms with E-state index in [4.69, 9.17) is 4.74 Å². The number of pyridine rings is 2. The third-order valence-electron chi connectivity index (χ3n) is 5.67. The molecule has 156 valence electrons. The van der Waals surface area contributed by atoms with Crippen LogP contribution in [0.5, 0.6) is 5.75 Å². The molecule has 4 heterocycles. The number of hydrogen-bond acceptors (Lipinski definition) is 5. The largest absolute Gasteiger partial charge is 0.496 e. The maximum Gasteiger partial charge on any atom is 0.334 e. The maximum absolute atomic E-state index is 13.2. The van der Waals surface area contributed by atoms with Gasteiger partial charge in [-0.25, -0.2) is 14.3 Å². The Morgan fingerprint density at radius 2 is 1.90 bits per heavy atom. The van der Waals surface area contributed by atoms with Crippen molar-refractivity contribution in [3.8, 4) is 22.7 Å². The van der Waals surface area contributed by atoms with Crippen LogP contribution >= 0.6 is 0 Å². The van der Waals surface area contributed by atoms with E-state index in [-0.39, 0.29) is 5.69 Å². The van der Waals surface area contributed by atoms with Crippen LogP contribution in [0, 0.1) is 0 Å². The van der Waals surface area contributed by atoms with E-state index in [1.807, 2.05) is 43.7 Å². The van der Waals surface area contributed by atoms with E-state index in [0.29, 0.717) is 11.6 Å². The number of ether oxygens (including phenoxy) is 1. The molecule has 0 fully saturated rings. The van der Waals surface area contributed by atoms with Crippen molar-refractivity contribution in [3.05, 3.63) is 65.1 Å². The van der Waals surface area contributed by atoms with E-state index in [1.165, 1.54) is 0 Å². The van der Waals surface area contributed by atoms with Crippen LogP contribution < -0.4 is 10.4 Å². The van der Waals surface area contributed by atoms with Crippen LogP contribution in [0.1, 0.15) is 12.5 Å². The molecule has 0 aliphatic rings. The van der Waals surface area contributed by atoms with E-state index < -0.39 is 0 Å². The first-order chi connectivity index (χ1) is 15.0. The molecule has 0 N–H and O–H groups in total. The van der Waals surface area contributed by atoms with E-state index in [1.54, 1.807) is 40.4 Å². The van der Waals surface area contributed by atoms with Crippen molar-refractivity contribution in [1.29, 1.82) is 0 Å². The molecule has 0 aliphatic heterocycles. The Labute approximate surface area is 178 Å². The Morgan fingerprint density at radius 1 is 1.06 bits per heavy atom. The van der Waals surface area contributed by atoms with Gasteiger partial charge in [0.25, 0.3) is 0 Å². The predicted molar refractivity (Wildman–Crippen MR) is 120 cm³/mol. The smallest absolute Gasteiger partial charge is 0.334 e. The molecule has 1 aromatic carbocycles. The zero-order valence-corrected chi connectivity index (χ0v) is 17.8. The lowest BCUT2D eigenvalue weighted by atomic mass is 10.0. The highest BCUT2D eigenvalue weighted by Gasteiger charge is 2.19. The number of aryl methyl sites for hydroxylation is 3. The van der Waals surface area contributed by atoms with Crippen molar-refractivity contribution in [2.24, 2.45) is 14.1 Å². The number of benzene rings is 1. The quantitative estimate of drug-likeness (QED) is 0.451. The second kappa shape index (κ2) is 7.09. The molecule has 4 aromatic heterocycles.